The van der Waals surface area contributed by atoms with Gasteiger partial charge >= 0.3 is 0 Å². The maximum atomic E-state index is 2.41. The van der Waals surface area contributed by atoms with Gasteiger partial charge in [0.05, 0.1) is 0 Å². The molecule has 23 heavy (non-hydrogen) atoms. The minimum Gasteiger partial charge on any atom is -0.372 e. The van der Waals surface area contributed by atoms with Crippen LogP contribution in [0.5, 0.6) is 0 Å². The number of para-hydroxylation sites is 2. The fourth-order valence-electron chi connectivity index (χ4n) is 3.09. The summed E-state index contributed by atoms with van der Waals surface area (Å²) in [5, 5.41) is 0. The largest absolute Gasteiger partial charge is 0.372 e. The fourth-order valence-corrected chi connectivity index (χ4v) is 3.09. The molecule has 1 radical (unpaired) electrons. The van der Waals surface area contributed by atoms with E-state index in [2.05, 4.69) is 92.4 Å². The van der Waals surface area contributed by atoms with Crippen molar-refractivity contribution >= 4 is 11.4 Å². The Kier molecular flexibility index (Phi) is 6.52. The number of rotatable bonds is 8. The lowest BCUT2D eigenvalue weighted by Crippen LogP contribution is -2.24. The highest BCUT2D eigenvalue weighted by Gasteiger charge is 2.12. The van der Waals surface area contributed by atoms with E-state index in [1.54, 1.807) is 0 Å². The van der Waals surface area contributed by atoms with E-state index in [0.717, 1.165) is 26.2 Å². The lowest BCUT2D eigenvalue weighted by Gasteiger charge is -2.26. The first-order valence-corrected chi connectivity index (χ1v) is 8.77. The van der Waals surface area contributed by atoms with Crippen molar-refractivity contribution in [1.82, 2.24) is 0 Å². The molecule has 0 aromatic heterocycles. The number of benzene rings is 2. The Morgan fingerprint density at radius 2 is 0.957 bits per heavy atom. The second kappa shape index (κ2) is 8.61. The SMILES string of the molecule is CCN(CC)c1ccccc1[CH]c1ccccc1N(CC)CC. The highest BCUT2D eigenvalue weighted by molar-refractivity contribution is 5.65. The van der Waals surface area contributed by atoms with Crippen LogP contribution in [0.1, 0.15) is 38.8 Å². The van der Waals surface area contributed by atoms with Crippen LogP contribution >= 0.6 is 0 Å². The summed E-state index contributed by atoms with van der Waals surface area (Å²) in [6, 6.07) is 17.4. The van der Waals surface area contributed by atoms with E-state index in [9.17, 15) is 0 Å². The zero-order valence-corrected chi connectivity index (χ0v) is 14.9. The van der Waals surface area contributed by atoms with Crippen LogP contribution in [0.2, 0.25) is 0 Å². The molecular weight excluding hydrogens is 280 g/mol. The van der Waals surface area contributed by atoms with Crippen LogP contribution in [0, 0.1) is 6.42 Å². The van der Waals surface area contributed by atoms with Crippen molar-refractivity contribution in [2.75, 3.05) is 36.0 Å². The molecule has 2 nitrogen and oxygen atoms in total. The molecule has 2 aromatic carbocycles. The molecule has 0 spiro atoms. The minimum absolute atomic E-state index is 1.03. The molecule has 2 heteroatoms. The van der Waals surface area contributed by atoms with E-state index in [1.807, 2.05) is 0 Å². The van der Waals surface area contributed by atoms with Gasteiger partial charge in [-0.05, 0) is 51.0 Å². The van der Waals surface area contributed by atoms with Gasteiger partial charge in [-0.25, -0.2) is 0 Å². The molecule has 2 aromatic rings. The van der Waals surface area contributed by atoms with E-state index in [4.69, 9.17) is 0 Å². The molecule has 0 amide bonds. The third kappa shape index (κ3) is 4.07. The van der Waals surface area contributed by atoms with E-state index < -0.39 is 0 Å². The predicted octanol–water partition coefficient (Wildman–Crippen LogP) is 4.98. The summed E-state index contributed by atoms with van der Waals surface area (Å²) in [7, 11) is 0. The Morgan fingerprint density at radius 1 is 0.609 bits per heavy atom. The van der Waals surface area contributed by atoms with Crippen LogP contribution in [0.3, 0.4) is 0 Å². The van der Waals surface area contributed by atoms with Crippen LogP contribution in [-0.4, -0.2) is 26.2 Å². The van der Waals surface area contributed by atoms with Gasteiger partial charge in [0, 0.05) is 44.0 Å². The van der Waals surface area contributed by atoms with Gasteiger partial charge < -0.3 is 9.80 Å². The summed E-state index contributed by atoms with van der Waals surface area (Å²) < 4.78 is 0. The Labute approximate surface area is 141 Å². The standard InChI is InChI=1S/C21H29N2/c1-5-22(6-2)20-15-11-9-13-18(20)17-19-14-10-12-16-21(19)23(7-3)8-4/h9-17H,5-8H2,1-4H3. The third-order valence-corrected chi connectivity index (χ3v) is 4.39. The molecule has 0 heterocycles. The molecule has 0 aliphatic heterocycles. The highest BCUT2D eigenvalue weighted by Crippen LogP contribution is 2.29. The number of hydrogen-bond donors (Lipinski definition) is 0. The van der Waals surface area contributed by atoms with Crippen molar-refractivity contribution in [2.45, 2.75) is 27.7 Å². The topological polar surface area (TPSA) is 6.48 Å². The molecule has 0 fully saturated rings. The van der Waals surface area contributed by atoms with E-state index in [1.165, 1.54) is 22.5 Å². The summed E-state index contributed by atoms with van der Waals surface area (Å²) in [5.74, 6) is 0. The second-order valence-electron chi connectivity index (χ2n) is 5.61. The maximum Gasteiger partial charge on any atom is 0.0405 e. The summed E-state index contributed by atoms with van der Waals surface area (Å²) in [6.07, 6.45) is 2.32. The highest BCUT2D eigenvalue weighted by atomic mass is 15.1. The van der Waals surface area contributed by atoms with Crippen molar-refractivity contribution in [1.29, 1.82) is 0 Å². The summed E-state index contributed by atoms with van der Waals surface area (Å²) in [6.45, 7) is 13.0. The quantitative estimate of drug-likeness (QED) is 0.678. The van der Waals surface area contributed by atoms with Gasteiger partial charge in [-0.1, -0.05) is 36.4 Å². The van der Waals surface area contributed by atoms with Crippen LogP contribution in [0.25, 0.3) is 0 Å². The van der Waals surface area contributed by atoms with Crippen molar-refractivity contribution in [3.05, 3.63) is 66.1 Å². The predicted molar refractivity (Wildman–Crippen MR) is 103 cm³/mol. The average Bonchev–Trinajstić information content (AvgIpc) is 2.60. The maximum absolute atomic E-state index is 2.41. The zero-order valence-electron chi connectivity index (χ0n) is 14.9. The molecule has 0 saturated carbocycles. The fraction of sp³-hybridized carbons (Fsp3) is 0.381. The van der Waals surface area contributed by atoms with Crippen molar-refractivity contribution in [3.8, 4) is 0 Å². The van der Waals surface area contributed by atoms with Crippen LogP contribution in [0.15, 0.2) is 48.5 Å². The van der Waals surface area contributed by atoms with Gasteiger partial charge in [0.2, 0.25) is 0 Å². The minimum atomic E-state index is 1.03. The lowest BCUT2D eigenvalue weighted by molar-refractivity contribution is 0.859. The first-order valence-electron chi connectivity index (χ1n) is 8.77. The molecule has 0 unspecified atom stereocenters. The van der Waals surface area contributed by atoms with Gasteiger partial charge in [-0.3, -0.25) is 0 Å². The van der Waals surface area contributed by atoms with Crippen molar-refractivity contribution < 1.29 is 0 Å². The van der Waals surface area contributed by atoms with Gasteiger partial charge in [0.15, 0.2) is 0 Å². The number of anilines is 2. The van der Waals surface area contributed by atoms with Gasteiger partial charge in [0.25, 0.3) is 0 Å². The summed E-state index contributed by atoms with van der Waals surface area (Å²) in [4.78, 5) is 4.82. The molecule has 0 atom stereocenters. The molecule has 123 valence electrons. The van der Waals surface area contributed by atoms with Gasteiger partial charge in [-0.15, -0.1) is 0 Å². The Morgan fingerprint density at radius 3 is 1.30 bits per heavy atom. The first kappa shape index (κ1) is 17.4. The second-order valence-corrected chi connectivity index (χ2v) is 5.61. The Hall–Kier alpha value is -1.96. The van der Waals surface area contributed by atoms with Crippen molar-refractivity contribution in [2.24, 2.45) is 0 Å². The van der Waals surface area contributed by atoms with Crippen molar-refractivity contribution in [3.63, 3.8) is 0 Å². The number of hydrogen-bond acceptors (Lipinski definition) is 2. The smallest absolute Gasteiger partial charge is 0.0405 e. The average molecular weight is 309 g/mol. The molecular formula is C21H29N2. The third-order valence-electron chi connectivity index (χ3n) is 4.39. The van der Waals surface area contributed by atoms with E-state index >= 15 is 0 Å². The zero-order chi connectivity index (χ0) is 16.7. The molecule has 0 N–H and O–H groups in total. The Bertz CT molecular complexity index is 545. The van der Waals surface area contributed by atoms with Crippen LogP contribution < -0.4 is 9.80 Å². The monoisotopic (exact) mass is 309 g/mol. The number of nitrogens with zero attached hydrogens (tertiary/aromatic N) is 2. The Balaban J connectivity index is 2.37. The molecule has 0 aliphatic rings. The van der Waals surface area contributed by atoms with Gasteiger partial charge in [0.1, 0.15) is 0 Å². The summed E-state index contributed by atoms with van der Waals surface area (Å²) in [5.41, 5.74) is 5.20. The van der Waals surface area contributed by atoms with E-state index in [0.29, 0.717) is 0 Å². The molecule has 0 saturated heterocycles. The normalized spacial score (nSPS) is 10.6. The first-order chi connectivity index (χ1) is 11.2. The molecule has 0 bridgehead atoms. The lowest BCUT2D eigenvalue weighted by atomic mass is 10.0. The van der Waals surface area contributed by atoms with Gasteiger partial charge in [-0.2, -0.15) is 0 Å². The van der Waals surface area contributed by atoms with Crippen LogP contribution in [0.4, 0.5) is 11.4 Å². The summed E-state index contributed by atoms with van der Waals surface area (Å²) >= 11 is 0. The molecule has 2 rings (SSSR count). The van der Waals surface area contributed by atoms with Crippen LogP contribution in [-0.2, 0) is 0 Å². The molecule has 0 aliphatic carbocycles. The van der Waals surface area contributed by atoms with E-state index in [-0.39, 0.29) is 0 Å².